The number of aromatic nitrogens is 2. The topological polar surface area (TPSA) is 54.7 Å². The number of hydrogen-bond donors (Lipinski definition) is 2. The van der Waals surface area contributed by atoms with E-state index >= 15 is 0 Å². The van der Waals surface area contributed by atoms with Crippen molar-refractivity contribution in [3.05, 3.63) is 35.9 Å². The van der Waals surface area contributed by atoms with E-state index in [0.29, 0.717) is 6.54 Å². The first-order valence-electron chi connectivity index (χ1n) is 4.30. The highest BCUT2D eigenvalue weighted by atomic mass is 14.9. The van der Waals surface area contributed by atoms with Crippen molar-refractivity contribution < 1.29 is 0 Å². The molecule has 3 heteroatoms. The second-order valence-corrected chi connectivity index (χ2v) is 2.82. The van der Waals surface area contributed by atoms with E-state index in [2.05, 4.69) is 9.97 Å². The Kier molecular flexibility index (Phi) is 3.46. The van der Waals surface area contributed by atoms with Crippen LogP contribution in [0.2, 0.25) is 0 Å². The zero-order valence-electron chi connectivity index (χ0n) is 8.04. The van der Waals surface area contributed by atoms with Crippen LogP contribution in [0.25, 0.3) is 5.57 Å². The van der Waals surface area contributed by atoms with Gasteiger partial charge < -0.3 is 10.7 Å². The number of allylic oxidation sites excluding steroid dienone is 2. The predicted octanol–water partition coefficient (Wildman–Crippen LogP) is 1.72. The van der Waals surface area contributed by atoms with Gasteiger partial charge in [-0.25, -0.2) is 4.98 Å². The molecule has 0 saturated carbocycles. The summed E-state index contributed by atoms with van der Waals surface area (Å²) in [5, 5.41) is 0. The van der Waals surface area contributed by atoms with Gasteiger partial charge in [-0.05, 0) is 25.0 Å². The van der Waals surface area contributed by atoms with Crippen LogP contribution in [0.15, 0.2) is 30.2 Å². The third-order valence-electron chi connectivity index (χ3n) is 1.97. The van der Waals surface area contributed by atoms with Crippen LogP contribution in [0, 0.1) is 0 Å². The van der Waals surface area contributed by atoms with Crippen molar-refractivity contribution in [3.63, 3.8) is 0 Å². The maximum absolute atomic E-state index is 5.62. The molecule has 13 heavy (non-hydrogen) atoms. The highest BCUT2D eigenvalue weighted by molar-refractivity contribution is 5.66. The van der Waals surface area contributed by atoms with Crippen LogP contribution < -0.4 is 5.73 Å². The number of rotatable bonds is 3. The molecule has 1 rings (SSSR count). The van der Waals surface area contributed by atoms with Gasteiger partial charge in [0.2, 0.25) is 0 Å². The van der Waals surface area contributed by atoms with Gasteiger partial charge in [0.15, 0.2) is 0 Å². The zero-order valence-corrected chi connectivity index (χ0v) is 8.04. The lowest BCUT2D eigenvalue weighted by molar-refractivity contribution is 1.17. The molecule has 0 amide bonds. The van der Waals surface area contributed by atoms with Crippen LogP contribution in [-0.2, 0) is 0 Å². The average molecular weight is 177 g/mol. The average Bonchev–Trinajstić information content (AvgIpc) is 2.65. The van der Waals surface area contributed by atoms with Crippen molar-refractivity contribution in [1.82, 2.24) is 9.97 Å². The first kappa shape index (κ1) is 9.74. The summed E-state index contributed by atoms with van der Waals surface area (Å²) in [6.45, 7) is 4.57. The molecule has 0 aliphatic rings. The van der Waals surface area contributed by atoms with Crippen molar-refractivity contribution in [3.8, 4) is 0 Å². The molecule has 1 aromatic heterocycles. The van der Waals surface area contributed by atoms with E-state index in [4.69, 9.17) is 5.73 Å². The minimum absolute atomic E-state index is 0.551. The number of imidazole rings is 1. The molecule has 0 aliphatic carbocycles. The van der Waals surface area contributed by atoms with E-state index in [0.717, 1.165) is 16.8 Å². The van der Waals surface area contributed by atoms with Crippen molar-refractivity contribution in [1.29, 1.82) is 0 Å². The molecule has 1 heterocycles. The zero-order chi connectivity index (χ0) is 9.68. The first-order chi connectivity index (χ1) is 6.29. The van der Waals surface area contributed by atoms with Gasteiger partial charge in [0.25, 0.3) is 0 Å². The summed E-state index contributed by atoms with van der Waals surface area (Å²) >= 11 is 0. The highest BCUT2D eigenvalue weighted by Crippen LogP contribution is 2.15. The third kappa shape index (κ3) is 2.29. The molecule has 0 aromatic carbocycles. The number of H-pyrrole nitrogens is 1. The Hall–Kier alpha value is -1.35. The van der Waals surface area contributed by atoms with Gasteiger partial charge in [0, 0.05) is 6.54 Å². The van der Waals surface area contributed by atoms with Crippen LogP contribution in [0.5, 0.6) is 0 Å². The van der Waals surface area contributed by atoms with Crippen LogP contribution in [0.1, 0.15) is 19.5 Å². The Balaban J connectivity index is 3.01. The summed E-state index contributed by atoms with van der Waals surface area (Å²) in [6, 6.07) is 0. The number of hydrogen-bond acceptors (Lipinski definition) is 2. The summed E-state index contributed by atoms with van der Waals surface area (Å²) in [7, 11) is 0. The van der Waals surface area contributed by atoms with Crippen molar-refractivity contribution in [2.75, 3.05) is 6.54 Å². The summed E-state index contributed by atoms with van der Waals surface area (Å²) in [4.78, 5) is 7.02. The molecule has 3 N–H and O–H groups in total. The molecule has 1 aromatic rings. The highest BCUT2D eigenvalue weighted by Gasteiger charge is 2.00. The molecular formula is C10H15N3. The van der Waals surface area contributed by atoms with Crippen LogP contribution >= 0.6 is 0 Å². The van der Waals surface area contributed by atoms with E-state index in [1.807, 2.05) is 26.0 Å². The van der Waals surface area contributed by atoms with Crippen LogP contribution in [-0.4, -0.2) is 16.5 Å². The van der Waals surface area contributed by atoms with Gasteiger partial charge in [-0.2, -0.15) is 0 Å². The Morgan fingerprint density at radius 2 is 2.46 bits per heavy atom. The van der Waals surface area contributed by atoms with Gasteiger partial charge in [0.1, 0.15) is 0 Å². The van der Waals surface area contributed by atoms with E-state index < -0.39 is 0 Å². The largest absolute Gasteiger partial charge is 0.345 e. The monoisotopic (exact) mass is 177 g/mol. The predicted molar refractivity (Wildman–Crippen MR) is 55.1 cm³/mol. The smallest absolute Gasteiger partial charge is 0.0924 e. The normalized spacial score (nSPS) is 13.5. The number of nitrogens with zero attached hydrogens (tertiary/aromatic N) is 1. The molecule has 0 saturated heterocycles. The number of nitrogens with one attached hydrogen (secondary N) is 1. The number of aromatic amines is 1. The molecule has 0 bridgehead atoms. The molecular weight excluding hydrogens is 162 g/mol. The standard InChI is InChI=1S/C10H15N3/c1-3-4-9(5-11)8(2)10-6-12-7-13-10/h3-4,6-7H,5,11H2,1-2H3,(H,12,13)/b4-3-,9-8-. The van der Waals surface area contributed by atoms with Gasteiger partial charge >= 0.3 is 0 Å². The lowest BCUT2D eigenvalue weighted by Gasteiger charge is -2.03. The summed E-state index contributed by atoms with van der Waals surface area (Å²) < 4.78 is 0. The van der Waals surface area contributed by atoms with Gasteiger partial charge in [-0.1, -0.05) is 12.2 Å². The third-order valence-corrected chi connectivity index (χ3v) is 1.97. The maximum Gasteiger partial charge on any atom is 0.0924 e. The molecule has 70 valence electrons. The fraction of sp³-hybridized carbons (Fsp3) is 0.300. The fourth-order valence-corrected chi connectivity index (χ4v) is 1.18. The fourth-order valence-electron chi connectivity index (χ4n) is 1.18. The Labute approximate surface area is 78.4 Å². The van der Waals surface area contributed by atoms with Crippen LogP contribution in [0.3, 0.4) is 0 Å². The summed E-state index contributed by atoms with van der Waals surface area (Å²) in [5.41, 5.74) is 8.93. The molecule has 0 spiro atoms. The van der Waals surface area contributed by atoms with Gasteiger partial charge in [-0.15, -0.1) is 0 Å². The second kappa shape index (κ2) is 4.62. The molecule has 3 nitrogen and oxygen atoms in total. The Bertz CT molecular complexity index is 307. The minimum Gasteiger partial charge on any atom is -0.345 e. The van der Waals surface area contributed by atoms with E-state index in [-0.39, 0.29) is 0 Å². The molecule has 0 fully saturated rings. The Morgan fingerprint density at radius 3 is 2.92 bits per heavy atom. The van der Waals surface area contributed by atoms with Gasteiger partial charge in [-0.3, -0.25) is 0 Å². The summed E-state index contributed by atoms with van der Waals surface area (Å²) in [5.74, 6) is 0. The van der Waals surface area contributed by atoms with E-state index in [9.17, 15) is 0 Å². The Morgan fingerprint density at radius 1 is 1.69 bits per heavy atom. The lowest BCUT2D eigenvalue weighted by atomic mass is 10.1. The molecule has 0 aliphatic heterocycles. The van der Waals surface area contributed by atoms with E-state index in [1.165, 1.54) is 0 Å². The van der Waals surface area contributed by atoms with Crippen molar-refractivity contribution >= 4 is 5.57 Å². The maximum atomic E-state index is 5.62. The van der Waals surface area contributed by atoms with Crippen LogP contribution in [0.4, 0.5) is 0 Å². The molecule has 0 atom stereocenters. The van der Waals surface area contributed by atoms with Gasteiger partial charge in [0.05, 0.1) is 18.2 Å². The molecule has 0 radical (unpaired) electrons. The minimum atomic E-state index is 0.551. The second-order valence-electron chi connectivity index (χ2n) is 2.82. The van der Waals surface area contributed by atoms with Crippen molar-refractivity contribution in [2.45, 2.75) is 13.8 Å². The molecule has 0 unspecified atom stereocenters. The number of nitrogens with two attached hydrogens (primary N) is 1. The lowest BCUT2D eigenvalue weighted by Crippen LogP contribution is -2.03. The quantitative estimate of drug-likeness (QED) is 0.691. The SMILES string of the molecule is C/C=C\C(CN)=C(/C)c1cnc[nH]1. The summed E-state index contributed by atoms with van der Waals surface area (Å²) in [6.07, 6.45) is 7.48. The van der Waals surface area contributed by atoms with Crippen molar-refractivity contribution in [2.24, 2.45) is 5.73 Å². The van der Waals surface area contributed by atoms with E-state index in [1.54, 1.807) is 12.5 Å². The first-order valence-corrected chi connectivity index (χ1v) is 4.30.